The highest BCUT2D eigenvalue weighted by Gasteiger charge is 2.32. The van der Waals surface area contributed by atoms with Gasteiger partial charge in [-0.25, -0.2) is 8.42 Å². The van der Waals surface area contributed by atoms with Gasteiger partial charge in [-0.05, 0) is 74.9 Å². The first kappa shape index (κ1) is 31.2. The van der Waals surface area contributed by atoms with E-state index in [2.05, 4.69) is 5.32 Å². The molecule has 9 heteroatoms. The van der Waals surface area contributed by atoms with Crippen LogP contribution in [0.25, 0.3) is 0 Å². The number of nitrogens with one attached hydrogen (secondary N) is 1. The Bertz CT molecular complexity index is 1390. The number of carbonyl (C=O) groups excluding carboxylic acids is 2. The first-order chi connectivity index (χ1) is 18.9. The monoisotopic (exact) mass is 581 g/mol. The molecule has 7 nitrogen and oxygen atoms in total. The average Bonchev–Trinajstić information content (AvgIpc) is 2.94. The van der Waals surface area contributed by atoms with E-state index in [1.165, 1.54) is 16.7 Å². The molecule has 0 bridgehead atoms. The Labute approximate surface area is 243 Å². The molecule has 1 N–H and O–H groups in total. The van der Waals surface area contributed by atoms with Crippen LogP contribution in [0.1, 0.15) is 37.5 Å². The minimum absolute atomic E-state index is 0.0893. The van der Waals surface area contributed by atoms with Crippen molar-refractivity contribution < 1.29 is 18.0 Å². The van der Waals surface area contributed by atoms with Gasteiger partial charge in [0.25, 0.3) is 10.0 Å². The summed E-state index contributed by atoms with van der Waals surface area (Å²) in [6.07, 6.45) is 1.92. The Balaban J connectivity index is 2.00. The van der Waals surface area contributed by atoms with E-state index in [4.69, 9.17) is 0 Å². The number of benzene rings is 3. The molecule has 0 aliphatic carbocycles. The Morgan fingerprint density at radius 3 is 1.93 bits per heavy atom. The first-order valence-corrected chi connectivity index (χ1v) is 15.9. The number of hydrogen-bond acceptors (Lipinski definition) is 5. The van der Waals surface area contributed by atoms with Crippen molar-refractivity contribution in [2.24, 2.45) is 5.92 Å². The summed E-state index contributed by atoms with van der Waals surface area (Å²) in [4.78, 5) is 29.5. The van der Waals surface area contributed by atoms with Gasteiger partial charge in [0.2, 0.25) is 11.8 Å². The van der Waals surface area contributed by atoms with E-state index in [0.717, 1.165) is 25.9 Å². The lowest BCUT2D eigenvalue weighted by molar-refractivity contribution is -0.139. The summed E-state index contributed by atoms with van der Waals surface area (Å²) in [5.41, 5.74) is 3.27. The van der Waals surface area contributed by atoms with Crippen LogP contribution in [0.5, 0.6) is 0 Å². The molecule has 0 aliphatic heterocycles. The van der Waals surface area contributed by atoms with Crippen LogP contribution in [0.3, 0.4) is 0 Å². The number of aryl methyl sites for hydroxylation is 2. The highest BCUT2D eigenvalue weighted by Crippen LogP contribution is 2.26. The highest BCUT2D eigenvalue weighted by molar-refractivity contribution is 7.98. The van der Waals surface area contributed by atoms with Crippen molar-refractivity contribution >= 4 is 39.3 Å². The van der Waals surface area contributed by atoms with Crippen LogP contribution >= 0.6 is 11.8 Å². The third kappa shape index (κ3) is 8.11. The SMILES string of the molecule is CSc1ccc(S(=O)(=O)N(CC(=O)N(Cc2ccc(C)cc2)[C@H](C)C(=O)NCC(C)C)c2ccc(C)cc2)cc1. The van der Waals surface area contributed by atoms with Crippen molar-refractivity contribution in [3.63, 3.8) is 0 Å². The van der Waals surface area contributed by atoms with E-state index >= 15 is 0 Å². The van der Waals surface area contributed by atoms with E-state index in [1.54, 1.807) is 43.3 Å². The number of thioether (sulfide) groups is 1. The molecule has 0 heterocycles. The van der Waals surface area contributed by atoms with Crippen LogP contribution in [0.2, 0.25) is 0 Å². The second kappa shape index (κ2) is 13.9. The van der Waals surface area contributed by atoms with Crippen molar-refractivity contribution in [2.45, 2.75) is 57.0 Å². The van der Waals surface area contributed by atoms with Gasteiger partial charge in [-0.3, -0.25) is 13.9 Å². The largest absolute Gasteiger partial charge is 0.354 e. The normalized spacial score (nSPS) is 12.2. The standard InChI is InChI=1S/C31H39N3O4S2/c1-22(2)19-32-31(36)25(5)33(20-26-11-7-23(3)8-12-26)30(35)21-34(27-13-9-24(4)10-14-27)40(37,38)29-17-15-28(39-6)16-18-29/h7-18,22,25H,19-21H2,1-6H3,(H,32,36)/t25-/m1/s1. The molecule has 0 unspecified atom stereocenters. The van der Waals surface area contributed by atoms with Crippen LogP contribution in [-0.4, -0.2) is 50.5 Å². The molecule has 0 aromatic heterocycles. The molecular weight excluding hydrogens is 542 g/mol. The van der Waals surface area contributed by atoms with Crippen molar-refractivity contribution in [2.75, 3.05) is 23.7 Å². The minimum atomic E-state index is -4.09. The van der Waals surface area contributed by atoms with Gasteiger partial charge in [0.15, 0.2) is 0 Å². The van der Waals surface area contributed by atoms with Gasteiger partial charge in [0.1, 0.15) is 12.6 Å². The fraction of sp³-hybridized carbons (Fsp3) is 0.355. The number of nitrogens with zero attached hydrogens (tertiary/aromatic N) is 2. The molecule has 0 radical (unpaired) electrons. The highest BCUT2D eigenvalue weighted by atomic mass is 32.2. The Morgan fingerprint density at radius 2 is 1.40 bits per heavy atom. The summed E-state index contributed by atoms with van der Waals surface area (Å²) in [5, 5.41) is 2.90. The fourth-order valence-corrected chi connectivity index (χ4v) is 5.86. The number of sulfonamides is 1. The van der Waals surface area contributed by atoms with Crippen molar-refractivity contribution in [1.29, 1.82) is 0 Å². The van der Waals surface area contributed by atoms with Crippen LogP contribution in [0.15, 0.2) is 82.6 Å². The lowest BCUT2D eigenvalue weighted by Gasteiger charge is -2.32. The van der Waals surface area contributed by atoms with E-state index in [-0.39, 0.29) is 23.3 Å². The summed E-state index contributed by atoms with van der Waals surface area (Å²) >= 11 is 1.52. The number of amides is 2. The van der Waals surface area contributed by atoms with E-state index in [9.17, 15) is 18.0 Å². The maximum atomic E-state index is 14.0. The predicted octanol–water partition coefficient (Wildman–Crippen LogP) is 5.41. The van der Waals surface area contributed by atoms with E-state index in [1.807, 2.05) is 70.3 Å². The van der Waals surface area contributed by atoms with Crippen LogP contribution in [-0.2, 0) is 26.2 Å². The molecule has 3 aromatic carbocycles. The van der Waals surface area contributed by atoms with Gasteiger partial charge in [0, 0.05) is 18.0 Å². The lowest BCUT2D eigenvalue weighted by Crippen LogP contribution is -2.51. The minimum Gasteiger partial charge on any atom is -0.354 e. The first-order valence-electron chi connectivity index (χ1n) is 13.3. The molecule has 3 rings (SSSR count). The molecular formula is C31H39N3O4S2. The smallest absolute Gasteiger partial charge is 0.264 e. The number of rotatable bonds is 12. The lowest BCUT2D eigenvalue weighted by atomic mass is 10.1. The number of anilines is 1. The molecule has 214 valence electrons. The van der Waals surface area contributed by atoms with Gasteiger partial charge in [0.05, 0.1) is 10.6 Å². The molecule has 1 atom stereocenters. The zero-order chi connectivity index (χ0) is 29.4. The zero-order valence-electron chi connectivity index (χ0n) is 24.0. The summed E-state index contributed by atoms with van der Waals surface area (Å²) in [5.74, 6) is -0.513. The summed E-state index contributed by atoms with van der Waals surface area (Å²) in [7, 11) is -4.09. The third-order valence-corrected chi connectivity index (χ3v) is 9.11. The Kier molecular flexibility index (Phi) is 10.8. The van der Waals surface area contributed by atoms with Crippen molar-refractivity contribution in [3.8, 4) is 0 Å². The fourth-order valence-electron chi connectivity index (χ4n) is 4.04. The van der Waals surface area contributed by atoms with Crippen molar-refractivity contribution in [1.82, 2.24) is 10.2 Å². The second-order valence-corrected chi connectivity index (χ2v) is 13.1. The van der Waals surface area contributed by atoms with Crippen LogP contribution in [0.4, 0.5) is 5.69 Å². The second-order valence-electron chi connectivity index (χ2n) is 10.3. The van der Waals surface area contributed by atoms with Gasteiger partial charge in [-0.2, -0.15) is 0 Å². The maximum Gasteiger partial charge on any atom is 0.264 e. The van der Waals surface area contributed by atoms with Crippen LogP contribution in [0, 0.1) is 19.8 Å². The van der Waals surface area contributed by atoms with Gasteiger partial charge in [-0.15, -0.1) is 11.8 Å². The summed E-state index contributed by atoms with van der Waals surface area (Å²) < 4.78 is 29.0. The summed E-state index contributed by atoms with van der Waals surface area (Å²) in [6, 6.07) is 20.5. The molecule has 0 saturated carbocycles. The number of carbonyl (C=O) groups is 2. The Hall–Kier alpha value is -3.30. The van der Waals surface area contributed by atoms with E-state index < -0.39 is 28.5 Å². The molecule has 0 spiro atoms. The number of hydrogen-bond donors (Lipinski definition) is 1. The average molecular weight is 582 g/mol. The zero-order valence-corrected chi connectivity index (χ0v) is 25.7. The molecule has 3 aromatic rings. The quantitative estimate of drug-likeness (QED) is 0.289. The molecule has 40 heavy (non-hydrogen) atoms. The topological polar surface area (TPSA) is 86.8 Å². The van der Waals surface area contributed by atoms with Gasteiger partial charge >= 0.3 is 0 Å². The Morgan fingerprint density at radius 1 is 0.850 bits per heavy atom. The third-order valence-electron chi connectivity index (χ3n) is 6.57. The molecule has 0 aliphatic rings. The van der Waals surface area contributed by atoms with Gasteiger partial charge in [-0.1, -0.05) is 61.4 Å². The predicted molar refractivity (Wildman–Crippen MR) is 163 cm³/mol. The molecule has 0 fully saturated rings. The molecule has 2 amide bonds. The maximum absolute atomic E-state index is 14.0. The molecule has 0 saturated heterocycles. The van der Waals surface area contributed by atoms with Gasteiger partial charge < -0.3 is 10.2 Å². The van der Waals surface area contributed by atoms with Crippen molar-refractivity contribution in [3.05, 3.63) is 89.5 Å². The van der Waals surface area contributed by atoms with Crippen LogP contribution < -0.4 is 9.62 Å². The van der Waals surface area contributed by atoms with E-state index in [0.29, 0.717) is 12.2 Å². The summed E-state index contributed by atoms with van der Waals surface area (Å²) in [6.45, 7) is 9.75.